The van der Waals surface area contributed by atoms with E-state index in [0.717, 1.165) is 36.4 Å². The molecule has 0 aliphatic carbocycles. The number of aromatic nitrogens is 2. The van der Waals surface area contributed by atoms with Crippen LogP contribution in [0.2, 0.25) is 0 Å². The second-order valence-electron chi connectivity index (χ2n) is 8.00. The molecule has 1 saturated heterocycles. The van der Waals surface area contributed by atoms with Crippen molar-refractivity contribution in [3.63, 3.8) is 0 Å². The third-order valence-electron chi connectivity index (χ3n) is 5.70. The van der Waals surface area contributed by atoms with Gasteiger partial charge in [0.05, 0.1) is 5.56 Å². The zero-order valence-corrected chi connectivity index (χ0v) is 19.7. The van der Waals surface area contributed by atoms with E-state index in [-0.39, 0.29) is 11.5 Å². The molecule has 6 nitrogen and oxygen atoms in total. The lowest BCUT2D eigenvalue weighted by atomic mass is 10.1. The highest BCUT2D eigenvalue weighted by Crippen LogP contribution is 2.32. The van der Waals surface area contributed by atoms with E-state index in [9.17, 15) is 22.8 Å². The maximum absolute atomic E-state index is 13.0. The van der Waals surface area contributed by atoms with Crippen LogP contribution in [0.3, 0.4) is 0 Å². The average Bonchev–Trinajstić information content (AvgIpc) is 2.80. The minimum absolute atomic E-state index is 0.0659. The van der Waals surface area contributed by atoms with Crippen molar-refractivity contribution in [3.8, 4) is 0 Å². The van der Waals surface area contributed by atoms with Crippen molar-refractivity contribution in [2.45, 2.75) is 43.9 Å². The molecule has 0 spiro atoms. The van der Waals surface area contributed by atoms with E-state index in [2.05, 4.69) is 4.98 Å². The molecule has 0 unspecified atom stereocenters. The molecule has 3 rings (SSSR count). The molecule has 0 radical (unpaired) electrons. The van der Waals surface area contributed by atoms with Crippen LogP contribution in [0, 0.1) is 0 Å². The molecule has 0 bridgehead atoms. The molecule has 1 aromatic heterocycles. The number of rotatable bonds is 8. The maximum atomic E-state index is 13.0. The van der Waals surface area contributed by atoms with Crippen LogP contribution in [0.4, 0.5) is 18.9 Å². The number of carbonyl (C=O) groups excluding carboxylic acids is 1. The van der Waals surface area contributed by atoms with E-state index in [1.165, 1.54) is 17.8 Å². The number of unbranched alkanes of at least 4 members (excludes halogenated alkanes) is 1. The van der Waals surface area contributed by atoms with Crippen LogP contribution in [0.15, 0.2) is 40.3 Å². The molecule has 0 atom stereocenters. The number of hydrogen-bond acceptors (Lipinski definition) is 5. The van der Waals surface area contributed by atoms with Gasteiger partial charge in [-0.2, -0.15) is 13.2 Å². The van der Waals surface area contributed by atoms with Crippen LogP contribution in [0.25, 0.3) is 0 Å². The number of anilines is 1. The highest BCUT2D eigenvalue weighted by molar-refractivity contribution is 7.99. The number of halogens is 3. The number of amides is 1. The zero-order chi connectivity index (χ0) is 24.0. The molecule has 0 saturated carbocycles. The van der Waals surface area contributed by atoms with Crippen molar-refractivity contribution in [1.82, 2.24) is 14.5 Å². The minimum Gasteiger partial charge on any atom is -0.368 e. The number of nitrogens with zero attached hydrogens (tertiary/aromatic N) is 4. The zero-order valence-electron chi connectivity index (χ0n) is 18.9. The van der Waals surface area contributed by atoms with Gasteiger partial charge in [0.15, 0.2) is 5.16 Å². The first kappa shape index (κ1) is 25.1. The summed E-state index contributed by atoms with van der Waals surface area (Å²) in [5.74, 6) is 0.839. The normalized spacial score (nSPS) is 14.6. The van der Waals surface area contributed by atoms with Crippen molar-refractivity contribution in [2.24, 2.45) is 7.05 Å². The lowest BCUT2D eigenvalue weighted by molar-refractivity contribution is -0.137. The quantitative estimate of drug-likeness (QED) is 0.324. The summed E-state index contributed by atoms with van der Waals surface area (Å²) in [6.07, 6.45) is -1.66. The van der Waals surface area contributed by atoms with Crippen LogP contribution in [0.1, 0.15) is 37.4 Å². The van der Waals surface area contributed by atoms with Crippen molar-refractivity contribution >= 4 is 23.4 Å². The summed E-state index contributed by atoms with van der Waals surface area (Å²) in [6.45, 7) is 3.98. The molecule has 2 heterocycles. The molecular weight excluding hydrogens is 453 g/mol. The molecule has 1 aromatic carbocycles. The Morgan fingerprint density at radius 2 is 1.85 bits per heavy atom. The number of thioether (sulfide) groups is 1. The Bertz CT molecular complexity index is 1020. The third-order valence-corrected chi connectivity index (χ3v) is 6.81. The summed E-state index contributed by atoms with van der Waals surface area (Å²) in [7, 11) is 1.71. The van der Waals surface area contributed by atoms with Gasteiger partial charge in [-0.1, -0.05) is 24.8 Å². The topological polar surface area (TPSA) is 58.4 Å². The van der Waals surface area contributed by atoms with Gasteiger partial charge in [0.2, 0.25) is 5.91 Å². The summed E-state index contributed by atoms with van der Waals surface area (Å²) in [5.41, 5.74) is 0.584. The van der Waals surface area contributed by atoms with Gasteiger partial charge >= 0.3 is 6.18 Å². The lowest BCUT2D eigenvalue weighted by Crippen LogP contribution is -2.48. The summed E-state index contributed by atoms with van der Waals surface area (Å²) in [4.78, 5) is 32.7. The molecule has 180 valence electrons. The van der Waals surface area contributed by atoms with Crippen molar-refractivity contribution < 1.29 is 18.0 Å². The molecule has 2 aromatic rings. The fourth-order valence-corrected chi connectivity index (χ4v) is 4.66. The Balaban J connectivity index is 1.41. The van der Waals surface area contributed by atoms with Gasteiger partial charge in [-0.05, 0) is 37.5 Å². The smallest absolute Gasteiger partial charge is 0.368 e. The third kappa shape index (κ3) is 6.75. The Hall–Kier alpha value is -2.49. The predicted molar refractivity (Wildman–Crippen MR) is 124 cm³/mol. The SMILES string of the molecule is CCc1cc(=O)n(C)c(SCCCCC(=O)N2CCN(c3cccc(C(F)(F)F)c3)CC2)n1. The van der Waals surface area contributed by atoms with E-state index in [1.54, 1.807) is 28.6 Å². The first-order chi connectivity index (χ1) is 15.7. The van der Waals surface area contributed by atoms with Gasteiger partial charge in [-0.15, -0.1) is 0 Å². The minimum atomic E-state index is -4.37. The highest BCUT2D eigenvalue weighted by atomic mass is 32.2. The van der Waals surface area contributed by atoms with Gasteiger partial charge < -0.3 is 9.80 Å². The summed E-state index contributed by atoms with van der Waals surface area (Å²) in [5, 5.41) is 0.691. The average molecular weight is 483 g/mol. The van der Waals surface area contributed by atoms with Gasteiger partial charge in [-0.25, -0.2) is 4.98 Å². The predicted octanol–water partition coefficient (Wildman–Crippen LogP) is 3.97. The number of alkyl halides is 3. The first-order valence-electron chi connectivity index (χ1n) is 11.1. The standard InChI is InChI=1S/C23H29F3N4O2S/c1-3-18-16-21(32)28(2)22(27-18)33-14-5-4-9-20(31)30-12-10-29(11-13-30)19-8-6-7-17(15-19)23(24,25)26/h6-8,15-16H,3-5,9-14H2,1-2H3. The molecule has 1 aliphatic rings. The molecule has 33 heavy (non-hydrogen) atoms. The van der Waals surface area contributed by atoms with E-state index in [4.69, 9.17) is 0 Å². The maximum Gasteiger partial charge on any atom is 0.416 e. The molecule has 10 heteroatoms. The highest BCUT2D eigenvalue weighted by Gasteiger charge is 2.31. The Labute approximate surface area is 195 Å². The molecule has 0 N–H and O–H groups in total. The largest absolute Gasteiger partial charge is 0.416 e. The van der Waals surface area contributed by atoms with Crippen LogP contribution in [-0.4, -0.2) is 52.3 Å². The van der Waals surface area contributed by atoms with Gasteiger partial charge in [0.25, 0.3) is 5.56 Å². The Morgan fingerprint density at radius 3 is 2.52 bits per heavy atom. The molecule has 1 fully saturated rings. The van der Waals surface area contributed by atoms with Crippen molar-refractivity contribution in [3.05, 3.63) is 51.9 Å². The van der Waals surface area contributed by atoms with Crippen molar-refractivity contribution in [1.29, 1.82) is 0 Å². The Kier molecular flexibility index (Phi) is 8.45. The van der Waals surface area contributed by atoms with Crippen LogP contribution in [-0.2, 0) is 24.4 Å². The van der Waals surface area contributed by atoms with Crippen LogP contribution >= 0.6 is 11.8 Å². The number of benzene rings is 1. The van der Waals surface area contributed by atoms with E-state index in [1.807, 2.05) is 11.8 Å². The summed E-state index contributed by atoms with van der Waals surface area (Å²) in [6, 6.07) is 6.87. The van der Waals surface area contributed by atoms with Crippen LogP contribution < -0.4 is 10.5 Å². The number of carbonyl (C=O) groups is 1. The molecule has 1 amide bonds. The fourth-order valence-electron chi connectivity index (χ4n) is 3.67. The monoisotopic (exact) mass is 482 g/mol. The summed E-state index contributed by atoms with van der Waals surface area (Å²) < 4.78 is 40.4. The summed E-state index contributed by atoms with van der Waals surface area (Å²) >= 11 is 1.52. The number of piperazine rings is 1. The van der Waals surface area contributed by atoms with Gasteiger partial charge in [0.1, 0.15) is 0 Å². The van der Waals surface area contributed by atoms with E-state index < -0.39 is 11.7 Å². The van der Waals surface area contributed by atoms with E-state index in [0.29, 0.717) is 49.9 Å². The molecular formula is C23H29F3N4O2S. The first-order valence-corrected chi connectivity index (χ1v) is 12.1. The van der Waals surface area contributed by atoms with Gasteiger partial charge in [-0.3, -0.25) is 14.2 Å². The van der Waals surface area contributed by atoms with Crippen molar-refractivity contribution in [2.75, 3.05) is 36.8 Å². The number of aryl methyl sites for hydroxylation is 1. The molecule has 1 aliphatic heterocycles. The fraction of sp³-hybridized carbons (Fsp3) is 0.522. The lowest BCUT2D eigenvalue weighted by Gasteiger charge is -2.36. The van der Waals surface area contributed by atoms with Gasteiger partial charge in [0, 0.05) is 62.8 Å². The second-order valence-corrected chi connectivity index (χ2v) is 9.06. The Morgan fingerprint density at radius 1 is 1.12 bits per heavy atom. The second kappa shape index (κ2) is 11.1. The van der Waals surface area contributed by atoms with E-state index >= 15 is 0 Å². The number of hydrogen-bond donors (Lipinski definition) is 0. The van der Waals surface area contributed by atoms with Crippen LogP contribution in [0.5, 0.6) is 0 Å².